The van der Waals surface area contributed by atoms with Crippen LogP contribution in [0.5, 0.6) is 0 Å². The van der Waals surface area contributed by atoms with Gasteiger partial charge < -0.3 is 21.3 Å². The SMILES string of the molecule is CC(N)=NCc1ccc(C[C@H](NC(=O)[C@H](CC(C)C)C(CC(C)C)C(=O)NO)C(=O)NCCN(C)C)cc1. The number of hydroxylamine groups is 1. The van der Waals surface area contributed by atoms with Crippen LogP contribution in [0.3, 0.4) is 0 Å². The quantitative estimate of drug-likeness (QED) is 0.0953. The number of amidine groups is 1. The number of benzene rings is 1. The van der Waals surface area contributed by atoms with Crippen LogP contribution in [-0.4, -0.2) is 66.9 Å². The average molecular weight is 533 g/mol. The molecule has 1 rings (SSSR count). The molecule has 0 saturated heterocycles. The lowest BCUT2D eigenvalue weighted by Crippen LogP contribution is -2.52. The zero-order valence-corrected chi connectivity index (χ0v) is 24.1. The van der Waals surface area contributed by atoms with Crippen LogP contribution in [0, 0.1) is 23.7 Å². The van der Waals surface area contributed by atoms with Crippen molar-refractivity contribution in [1.29, 1.82) is 0 Å². The smallest absolute Gasteiger partial charge is 0.247 e. The summed E-state index contributed by atoms with van der Waals surface area (Å²) >= 11 is 0. The second kappa shape index (κ2) is 16.8. The number of hydrogen-bond acceptors (Lipinski definition) is 6. The number of nitrogens with one attached hydrogen (secondary N) is 3. The van der Waals surface area contributed by atoms with Crippen molar-refractivity contribution in [2.24, 2.45) is 34.4 Å². The van der Waals surface area contributed by atoms with Crippen molar-refractivity contribution in [3.05, 3.63) is 35.4 Å². The molecule has 0 bridgehead atoms. The van der Waals surface area contributed by atoms with Gasteiger partial charge in [0.15, 0.2) is 0 Å². The van der Waals surface area contributed by atoms with E-state index in [-0.39, 0.29) is 30.1 Å². The van der Waals surface area contributed by atoms with E-state index < -0.39 is 23.8 Å². The van der Waals surface area contributed by atoms with Crippen molar-refractivity contribution in [3.63, 3.8) is 0 Å². The third kappa shape index (κ3) is 12.5. The number of carbonyl (C=O) groups is 3. The van der Waals surface area contributed by atoms with Crippen molar-refractivity contribution in [2.75, 3.05) is 27.2 Å². The molecule has 1 aromatic rings. The van der Waals surface area contributed by atoms with Gasteiger partial charge in [0.25, 0.3) is 0 Å². The van der Waals surface area contributed by atoms with Crippen LogP contribution in [0.1, 0.15) is 58.6 Å². The molecule has 1 unspecified atom stereocenters. The van der Waals surface area contributed by atoms with Gasteiger partial charge in [0.2, 0.25) is 17.7 Å². The Hall–Kier alpha value is -2.98. The Labute approximate surface area is 227 Å². The predicted octanol–water partition coefficient (Wildman–Crippen LogP) is 2.10. The second-order valence-corrected chi connectivity index (χ2v) is 11.1. The van der Waals surface area contributed by atoms with E-state index in [1.165, 1.54) is 0 Å². The fourth-order valence-electron chi connectivity index (χ4n) is 4.25. The highest BCUT2D eigenvalue weighted by molar-refractivity contribution is 5.91. The number of likely N-dealkylation sites (N-methyl/N-ethyl adjacent to an activating group) is 1. The van der Waals surface area contributed by atoms with Gasteiger partial charge in [-0.15, -0.1) is 0 Å². The Morgan fingerprint density at radius 1 is 0.921 bits per heavy atom. The fraction of sp³-hybridized carbons (Fsp3) is 0.643. The first-order valence-corrected chi connectivity index (χ1v) is 13.3. The first kappa shape index (κ1) is 33.0. The third-order valence-corrected chi connectivity index (χ3v) is 6.19. The molecule has 0 aliphatic rings. The number of rotatable bonds is 16. The van der Waals surface area contributed by atoms with Crippen LogP contribution in [0.25, 0.3) is 0 Å². The molecule has 0 aliphatic carbocycles. The summed E-state index contributed by atoms with van der Waals surface area (Å²) in [5, 5.41) is 15.2. The Morgan fingerprint density at radius 3 is 1.92 bits per heavy atom. The number of amides is 3. The van der Waals surface area contributed by atoms with Crippen LogP contribution in [-0.2, 0) is 27.3 Å². The van der Waals surface area contributed by atoms with Gasteiger partial charge in [-0.2, -0.15) is 0 Å². The predicted molar refractivity (Wildman–Crippen MR) is 150 cm³/mol. The molecule has 0 heterocycles. The molecule has 0 radical (unpaired) electrons. The van der Waals surface area contributed by atoms with Crippen molar-refractivity contribution in [3.8, 4) is 0 Å². The molecule has 10 heteroatoms. The minimum Gasteiger partial charge on any atom is -0.388 e. The van der Waals surface area contributed by atoms with Crippen LogP contribution >= 0.6 is 0 Å². The van der Waals surface area contributed by atoms with Crippen LogP contribution < -0.4 is 21.8 Å². The van der Waals surface area contributed by atoms with Gasteiger partial charge in [-0.05, 0) is 56.8 Å². The van der Waals surface area contributed by atoms with Crippen molar-refractivity contribution in [2.45, 2.75) is 66.5 Å². The van der Waals surface area contributed by atoms with Gasteiger partial charge >= 0.3 is 0 Å². The Morgan fingerprint density at radius 2 is 1.45 bits per heavy atom. The Balaban J connectivity index is 3.20. The van der Waals surface area contributed by atoms with Crippen LogP contribution in [0.4, 0.5) is 0 Å². The monoisotopic (exact) mass is 532 g/mol. The normalized spacial score (nSPS) is 14.3. The number of carbonyl (C=O) groups excluding carboxylic acids is 3. The molecule has 38 heavy (non-hydrogen) atoms. The first-order chi connectivity index (χ1) is 17.8. The number of nitrogens with two attached hydrogens (primary N) is 1. The minimum atomic E-state index is -0.827. The number of hydrogen-bond donors (Lipinski definition) is 5. The maximum Gasteiger partial charge on any atom is 0.247 e. The lowest BCUT2D eigenvalue weighted by molar-refractivity contribution is -0.142. The number of aliphatic imine (C=N–C) groups is 1. The summed E-state index contributed by atoms with van der Waals surface area (Å²) < 4.78 is 0. The molecule has 0 aromatic heterocycles. The van der Waals surface area contributed by atoms with Gasteiger partial charge in [0, 0.05) is 25.4 Å². The van der Waals surface area contributed by atoms with E-state index in [1.807, 2.05) is 71.0 Å². The van der Waals surface area contributed by atoms with E-state index in [4.69, 9.17) is 5.73 Å². The standard InChI is InChI=1S/C28H48N6O4/c1-18(2)14-23(24(15-19(3)4)27(36)33-38)26(35)32-25(28(37)30-12-13-34(6)7)16-21-8-10-22(11-9-21)17-31-20(5)29/h8-11,18-19,23-25,38H,12-17H2,1-7H3,(H2,29,31)(H,30,37)(H,32,35)(H,33,36)/t23-,24?,25+/m1/s1. The van der Waals surface area contributed by atoms with Gasteiger partial charge in [0.05, 0.1) is 18.3 Å². The van der Waals surface area contributed by atoms with E-state index >= 15 is 0 Å². The average Bonchev–Trinajstić information content (AvgIpc) is 2.84. The Bertz CT molecular complexity index is 910. The van der Waals surface area contributed by atoms with Gasteiger partial charge in [0.1, 0.15) is 6.04 Å². The zero-order valence-electron chi connectivity index (χ0n) is 24.1. The van der Waals surface area contributed by atoms with Crippen molar-refractivity contribution < 1.29 is 19.6 Å². The van der Waals surface area contributed by atoms with Gasteiger partial charge in [-0.25, -0.2) is 5.48 Å². The molecule has 3 atom stereocenters. The molecule has 10 nitrogen and oxygen atoms in total. The molecular formula is C28H48N6O4. The first-order valence-electron chi connectivity index (χ1n) is 13.3. The van der Waals surface area contributed by atoms with Crippen LogP contribution in [0.15, 0.2) is 29.3 Å². The Kier molecular flexibility index (Phi) is 14.6. The van der Waals surface area contributed by atoms with Crippen molar-refractivity contribution >= 4 is 23.6 Å². The molecule has 214 valence electrons. The van der Waals surface area contributed by atoms with E-state index in [1.54, 1.807) is 12.4 Å². The lowest BCUT2D eigenvalue weighted by atomic mass is 9.79. The molecule has 0 fully saturated rings. The van der Waals surface area contributed by atoms with Crippen LogP contribution in [0.2, 0.25) is 0 Å². The highest BCUT2D eigenvalue weighted by Crippen LogP contribution is 2.27. The topological polar surface area (TPSA) is 149 Å². The summed E-state index contributed by atoms with van der Waals surface area (Å²) in [4.78, 5) is 45.6. The number of nitrogens with zero attached hydrogens (tertiary/aromatic N) is 2. The molecule has 0 saturated carbocycles. The third-order valence-electron chi connectivity index (χ3n) is 6.19. The van der Waals surface area contributed by atoms with Crippen molar-refractivity contribution in [1.82, 2.24) is 21.0 Å². The van der Waals surface area contributed by atoms with E-state index in [0.717, 1.165) is 11.1 Å². The zero-order chi connectivity index (χ0) is 28.8. The van der Waals surface area contributed by atoms with E-state index in [2.05, 4.69) is 15.6 Å². The molecule has 3 amide bonds. The summed E-state index contributed by atoms with van der Waals surface area (Å²) in [7, 11) is 3.83. The molecule has 1 aromatic carbocycles. The molecule has 6 N–H and O–H groups in total. The fourth-order valence-corrected chi connectivity index (χ4v) is 4.25. The summed E-state index contributed by atoms with van der Waals surface area (Å²) in [6.07, 6.45) is 1.17. The van der Waals surface area contributed by atoms with Gasteiger partial charge in [-0.3, -0.25) is 24.6 Å². The van der Waals surface area contributed by atoms with Gasteiger partial charge in [-0.1, -0.05) is 52.0 Å². The summed E-state index contributed by atoms with van der Waals surface area (Å²) in [5.41, 5.74) is 9.23. The largest absolute Gasteiger partial charge is 0.388 e. The lowest BCUT2D eigenvalue weighted by Gasteiger charge is -2.29. The summed E-state index contributed by atoms with van der Waals surface area (Å²) in [6, 6.07) is 6.85. The molecule has 0 aliphatic heterocycles. The highest BCUT2D eigenvalue weighted by Gasteiger charge is 2.36. The van der Waals surface area contributed by atoms with E-state index in [9.17, 15) is 19.6 Å². The maximum atomic E-state index is 13.6. The maximum absolute atomic E-state index is 13.6. The second-order valence-electron chi connectivity index (χ2n) is 11.1. The summed E-state index contributed by atoms with van der Waals surface area (Å²) in [5.74, 6) is -1.88. The molecular weight excluding hydrogens is 484 g/mol. The molecule has 0 spiro atoms. The summed E-state index contributed by atoms with van der Waals surface area (Å²) in [6.45, 7) is 11.2. The minimum absolute atomic E-state index is 0.131. The highest BCUT2D eigenvalue weighted by atomic mass is 16.5. The van der Waals surface area contributed by atoms with E-state index in [0.29, 0.717) is 38.3 Å².